The zero-order chi connectivity index (χ0) is 20.1. The summed E-state index contributed by atoms with van der Waals surface area (Å²) >= 11 is 1.33. The van der Waals surface area contributed by atoms with E-state index in [-0.39, 0.29) is 17.3 Å². The van der Waals surface area contributed by atoms with Crippen molar-refractivity contribution < 1.29 is 13.9 Å². The van der Waals surface area contributed by atoms with Crippen LogP contribution in [0.5, 0.6) is 0 Å². The van der Waals surface area contributed by atoms with Crippen molar-refractivity contribution in [2.24, 2.45) is 0 Å². The van der Waals surface area contributed by atoms with Gasteiger partial charge >= 0.3 is 0 Å². The van der Waals surface area contributed by atoms with Crippen LogP contribution in [-0.4, -0.2) is 35.4 Å². The molecule has 0 spiro atoms. The molecule has 1 aromatic heterocycles. The van der Waals surface area contributed by atoms with Gasteiger partial charge in [0.15, 0.2) is 5.76 Å². The number of nitrogens with zero attached hydrogens (tertiary/aromatic N) is 1. The van der Waals surface area contributed by atoms with Crippen LogP contribution in [-0.2, 0) is 9.53 Å². The van der Waals surface area contributed by atoms with Crippen molar-refractivity contribution in [2.75, 3.05) is 13.2 Å². The fourth-order valence-electron chi connectivity index (χ4n) is 3.30. The first-order valence-electron chi connectivity index (χ1n) is 9.88. The lowest BCUT2D eigenvalue weighted by Gasteiger charge is -2.13. The summed E-state index contributed by atoms with van der Waals surface area (Å²) in [5, 5.41) is 3.15. The van der Waals surface area contributed by atoms with Crippen molar-refractivity contribution >= 4 is 17.7 Å². The van der Waals surface area contributed by atoms with Gasteiger partial charge in [-0.25, -0.2) is 4.98 Å². The molecule has 1 aliphatic heterocycles. The van der Waals surface area contributed by atoms with E-state index in [4.69, 9.17) is 14.1 Å². The minimum Gasteiger partial charge on any atom is -0.431 e. The standard InChI is InChI=1S/C23H24N2O3S/c1-16(22(26)24-15-19-13-8-14-27-19)29-23-25-20(17-9-4-2-5-10-17)21(28-23)18-11-6-3-7-12-18/h2-7,9-12,16,19H,8,13-15H2,1H3,(H,24,26)/t16-,19-/m1/s1. The molecule has 2 aromatic carbocycles. The summed E-state index contributed by atoms with van der Waals surface area (Å²) < 4.78 is 11.7. The summed E-state index contributed by atoms with van der Waals surface area (Å²) in [6.45, 7) is 3.20. The Balaban J connectivity index is 1.51. The molecule has 29 heavy (non-hydrogen) atoms. The number of benzene rings is 2. The molecule has 150 valence electrons. The molecule has 6 heteroatoms. The van der Waals surface area contributed by atoms with Crippen LogP contribution in [0.1, 0.15) is 19.8 Å². The number of hydrogen-bond donors (Lipinski definition) is 1. The number of carbonyl (C=O) groups excluding carboxylic acids is 1. The highest BCUT2D eigenvalue weighted by atomic mass is 32.2. The molecule has 0 radical (unpaired) electrons. The van der Waals surface area contributed by atoms with E-state index in [2.05, 4.69) is 5.32 Å². The first-order chi connectivity index (χ1) is 14.2. The maximum absolute atomic E-state index is 12.5. The van der Waals surface area contributed by atoms with Gasteiger partial charge in [0.1, 0.15) is 5.69 Å². The summed E-state index contributed by atoms with van der Waals surface area (Å²) in [5.74, 6) is 0.678. The molecule has 0 bridgehead atoms. The molecule has 3 aromatic rings. The zero-order valence-corrected chi connectivity index (χ0v) is 17.2. The van der Waals surface area contributed by atoms with Crippen molar-refractivity contribution in [3.63, 3.8) is 0 Å². The number of thioether (sulfide) groups is 1. The molecule has 2 atom stereocenters. The average Bonchev–Trinajstić information content (AvgIpc) is 3.43. The fourth-order valence-corrected chi connectivity index (χ4v) is 4.06. The van der Waals surface area contributed by atoms with E-state index in [0.717, 1.165) is 36.3 Å². The van der Waals surface area contributed by atoms with Gasteiger partial charge in [0.25, 0.3) is 5.22 Å². The van der Waals surface area contributed by atoms with E-state index in [1.807, 2.05) is 67.6 Å². The van der Waals surface area contributed by atoms with Crippen LogP contribution in [0.25, 0.3) is 22.6 Å². The third-order valence-electron chi connectivity index (χ3n) is 4.87. The number of amides is 1. The van der Waals surface area contributed by atoms with Gasteiger partial charge in [0.05, 0.1) is 11.4 Å². The van der Waals surface area contributed by atoms with Gasteiger partial charge < -0.3 is 14.5 Å². The number of carbonyl (C=O) groups is 1. The van der Waals surface area contributed by atoms with Gasteiger partial charge in [-0.2, -0.15) is 0 Å². The Labute approximate surface area is 174 Å². The first-order valence-corrected chi connectivity index (χ1v) is 10.8. The number of oxazole rings is 1. The number of aromatic nitrogens is 1. The largest absolute Gasteiger partial charge is 0.431 e. The Morgan fingerprint density at radius 2 is 1.83 bits per heavy atom. The van der Waals surface area contributed by atoms with Crippen LogP contribution in [0, 0.1) is 0 Å². The summed E-state index contributed by atoms with van der Waals surface area (Å²) in [5.41, 5.74) is 2.73. The summed E-state index contributed by atoms with van der Waals surface area (Å²) in [6, 6.07) is 19.9. The zero-order valence-electron chi connectivity index (χ0n) is 16.3. The Morgan fingerprint density at radius 1 is 1.14 bits per heavy atom. The van der Waals surface area contributed by atoms with Crippen molar-refractivity contribution in [2.45, 2.75) is 36.3 Å². The second-order valence-electron chi connectivity index (χ2n) is 7.03. The average molecular weight is 409 g/mol. The molecule has 1 N–H and O–H groups in total. The van der Waals surface area contributed by atoms with E-state index in [0.29, 0.717) is 17.5 Å². The van der Waals surface area contributed by atoms with E-state index < -0.39 is 0 Å². The molecule has 1 amide bonds. The van der Waals surface area contributed by atoms with Crippen molar-refractivity contribution in [1.29, 1.82) is 0 Å². The summed E-state index contributed by atoms with van der Waals surface area (Å²) in [7, 11) is 0. The fraction of sp³-hybridized carbons (Fsp3) is 0.304. The molecule has 1 aliphatic rings. The van der Waals surface area contributed by atoms with Crippen LogP contribution < -0.4 is 5.32 Å². The molecule has 2 heterocycles. The highest BCUT2D eigenvalue weighted by molar-refractivity contribution is 8.00. The lowest BCUT2D eigenvalue weighted by molar-refractivity contribution is -0.120. The molecule has 1 fully saturated rings. The number of ether oxygens (including phenoxy) is 1. The Bertz CT molecular complexity index is 880. The van der Waals surface area contributed by atoms with Crippen LogP contribution in [0.4, 0.5) is 0 Å². The van der Waals surface area contributed by atoms with Gasteiger partial charge in [-0.1, -0.05) is 72.4 Å². The number of hydrogen-bond acceptors (Lipinski definition) is 5. The topological polar surface area (TPSA) is 64.4 Å². The van der Waals surface area contributed by atoms with Crippen LogP contribution in [0.2, 0.25) is 0 Å². The SMILES string of the molecule is C[C@@H](Sc1nc(-c2ccccc2)c(-c2ccccc2)o1)C(=O)NC[C@H]1CCCO1. The van der Waals surface area contributed by atoms with E-state index in [1.54, 1.807) is 0 Å². The lowest BCUT2D eigenvalue weighted by atomic mass is 10.1. The van der Waals surface area contributed by atoms with Crippen molar-refractivity contribution in [1.82, 2.24) is 10.3 Å². The first kappa shape index (κ1) is 19.7. The van der Waals surface area contributed by atoms with Crippen molar-refractivity contribution in [3.05, 3.63) is 60.7 Å². The van der Waals surface area contributed by atoms with Gasteiger partial charge in [0, 0.05) is 24.3 Å². The lowest BCUT2D eigenvalue weighted by Crippen LogP contribution is -2.36. The molecular formula is C23H24N2O3S. The second-order valence-corrected chi connectivity index (χ2v) is 8.32. The molecule has 0 saturated carbocycles. The molecule has 0 aliphatic carbocycles. The van der Waals surface area contributed by atoms with Gasteiger partial charge in [0.2, 0.25) is 5.91 Å². The predicted octanol–water partition coefficient (Wildman–Crippen LogP) is 4.78. The molecule has 0 unspecified atom stereocenters. The Hall–Kier alpha value is -2.57. The van der Waals surface area contributed by atoms with Crippen molar-refractivity contribution in [3.8, 4) is 22.6 Å². The van der Waals surface area contributed by atoms with Gasteiger partial charge in [-0.3, -0.25) is 4.79 Å². The van der Waals surface area contributed by atoms with Gasteiger partial charge in [-0.15, -0.1) is 0 Å². The van der Waals surface area contributed by atoms with E-state index in [1.165, 1.54) is 11.8 Å². The van der Waals surface area contributed by atoms with Crippen LogP contribution in [0.3, 0.4) is 0 Å². The summed E-state index contributed by atoms with van der Waals surface area (Å²) in [6.07, 6.45) is 2.20. The molecule has 1 saturated heterocycles. The highest BCUT2D eigenvalue weighted by Crippen LogP contribution is 2.36. The monoisotopic (exact) mass is 408 g/mol. The molecule has 4 rings (SSSR count). The van der Waals surface area contributed by atoms with Gasteiger partial charge in [-0.05, 0) is 19.8 Å². The second kappa shape index (κ2) is 9.29. The molecular weight excluding hydrogens is 384 g/mol. The maximum atomic E-state index is 12.5. The summed E-state index contributed by atoms with van der Waals surface area (Å²) in [4.78, 5) is 17.2. The third-order valence-corrected chi connectivity index (χ3v) is 5.81. The van der Waals surface area contributed by atoms with Crippen LogP contribution >= 0.6 is 11.8 Å². The van der Waals surface area contributed by atoms with E-state index in [9.17, 15) is 4.79 Å². The van der Waals surface area contributed by atoms with Crippen LogP contribution in [0.15, 0.2) is 70.3 Å². The maximum Gasteiger partial charge on any atom is 0.257 e. The molecule has 5 nitrogen and oxygen atoms in total. The minimum absolute atomic E-state index is 0.0359. The predicted molar refractivity (Wildman–Crippen MR) is 115 cm³/mol. The minimum atomic E-state index is -0.317. The number of nitrogens with one attached hydrogen (secondary N) is 1. The highest BCUT2D eigenvalue weighted by Gasteiger charge is 2.23. The quantitative estimate of drug-likeness (QED) is 0.570. The Kier molecular flexibility index (Phi) is 6.32. The smallest absolute Gasteiger partial charge is 0.257 e. The third kappa shape index (κ3) is 4.89. The van der Waals surface area contributed by atoms with E-state index >= 15 is 0 Å². The number of rotatable bonds is 7. The normalized spacial score (nSPS) is 17.2. The Morgan fingerprint density at radius 3 is 2.48 bits per heavy atom.